The smallest absolute Gasteiger partial charge is 0.255 e. The summed E-state index contributed by atoms with van der Waals surface area (Å²) >= 11 is 0. The van der Waals surface area contributed by atoms with Crippen molar-refractivity contribution in [2.45, 2.75) is 12.3 Å². The van der Waals surface area contributed by atoms with Crippen LogP contribution in [0.2, 0.25) is 0 Å². The zero-order chi connectivity index (χ0) is 12.4. The first-order valence-electron chi connectivity index (χ1n) is 6.07. The Kier molecular flexibility index (Phi) is 2.84. The molecule has 0 aromatic carbocycles. The summed E-state index contributed by atoms with van der Waals surface area (Å²) < 4.78 is 5.40. The van der Waals surface area contributed by atoms with Crippen molar-refractivity contribution in [1.82, 2.24) is 9.88 Å². The number of hydrogen-bond acceptors (Lipinski definition) is 3. The summed E-state index contributed by atoms with van der Waals surface area (Å²) in [5.41, 5.74) is 0.651. The van der Waals surface area contributed by atoms with Crippen LogP contribution in [0.3, 0.4) is 0 Å². The molecule has 0 spiro atoms. The van der Waals surface area contributed by atoms with E-state index < -0.39 is 0 Å². The van der Waals surface area contributed by atoms with E-state index in [1.807, 2.05) is 17.0 Å². The van der Waals surface area contributed by atoms with E-state index in [0.29, 0.717) is 11.5 Å². The third-order valence-corrected chi connectivity index (χ3v) is 3.33. The first kappa shape index (κ1) is 11.0. The second-order valence-electron chi connectivity index (χ2n) is 4.49. The van der Waals surface area contributed by atoms with E-state index in [9.17, 15) is 4.79 Å². The molecule has 0 saturated carbocycles. The SMILES string of the molecule is O=C(c1cccnc1)N1CCC(c2ccco2)C1. The zero-order valence-electron chi connectivity index (χ0n) is 9.95. The van der Waals surface area contributed by atoms with E-state index >= 15 is 0 Å². The van der Waals surface area contributed by atoms with Crippen LogP contribution in [0, 0.1) is 0 Å². The average molecular weight is 242 g/mol. The summed E-state index contributed by atoms with van der Waals surface area (Å²) in [5, 5.41) is 0. The van der Waals surface area contributed by atoms with Crippen LogP contribution in [-0.4, -0.2) is 28.9 Å². The van der Waals surface area contributed by atoms with Gasteiger partial charge in [0.25, 0.3) is 5.91 Å². The molecule has 1 atom stereocenters. The molecule has 1 aliphatic rings. The van der Waals surface area contributed by atoms with E-state index in [-0.39, 0.29) is 5.91 Å². The van der Waals surface area contributed by atoms with Crippen molar-refractivity contribution in [3.05, 3.63) is 54.2 Å². The Morgan fingerprint density at radius 1 is 1.39 bits per heavy atom. The van der Waals surface area contributed by atoms with E-state index in [0.717, 1.165) is 25.3 Å². The number of pyridine rings is 1. The Hall–Kier alpha value is -2.10. The average Bonchev–Trinajstić information content (AvgIpc) is 3.09. The van der Waals surface area contributed by atoms with Crippen molar-refractivity contribution in [2.24, 2.45) is 0 Å². The van der Waals surface area contributed by atoms with E-state index in [1.165, 1.54) is 0 Å². The molecule has 2 aromatic heterocycles. The van der Waals surface area contributed by atoms with Crippen molar-refractivity contribution < 1.29 is 9.21 Å². The predicted octanol–water partition coefficient (Wildman–Crippen LogP) is 2.30. The van der Waals surface area contributed by atoms with Crippen molar-refractivity contribution >= 4 is 5.91 Å². The fourth-order valence-electron chi connectivity index (χ4n) is 2.37. The molecule has 0 aliphatic carbocycles. The molecule has 3 rings (SSSR count). The van der Waals surface area contributed by atoms with Gasteiger partial charge in [0.15, 0.2) is 0 Å². The summed E-state index contributed by atoms with van der Waals surface area (Å²) in [6, 6.07) is 7.45. The van der Waals surface area contributed by atoms with Crippen molar-refractivity contribution in [1.29, 1.82) is 0 Å². The number of nitrogens with zero attached hydrogens (tertiary/aromatic N) is 2. The molecule has 0 bridgehead atoms. The maximum absolute atomic E-state index is 12.2. The van der Waals surface area contributed by atoms with Gasteiger partial charge >= 0.3 is 0 Å². The number of rotatable bonds is 2. The zero-order valence-corrected chi connectivity index (χ0v) is 9.95. The minimum Gasteiger partial charge on any atom is -0.469 e. The lowest BCUT2D eigenvalue weighted by Gasteiger charge is -2.15. The second-order valence-corrected chi connectivity index (χ2v) is 4.49. The molecule has 2 aromatic rings. The normalized spacial score (nSPS) is 19.1. The standard InChI is InChI=1S/C14H14N2O2/c17-14(11-3-1-6-15-9-11)16-7-5-12(10-16)13-4-2-8-18-13/h1-4,6,8-9,12H,5,7,10H2. The van der Waals surface area contributed by atoms with Crippen LogP contribution in [0.25, 0.3) is 0 Å². The molecule has 1 fully saturated rings. The highest BCUT2D eigenvalue weighted by Gasteiger charge is 2.29. The van der Waals surface area contributed by atoms with Crippen LogP contribution >= 0.6 is 0 Å². The molecule has 92 valence electrons. The first-order valence-corrected chi connectivity index (χ1v) is 6.07. The Morgan fingerprint density at radius 2 is 2.33 bits per heavy atom. The van der Waals surface area contributed by atoms with Gasteiger partial charge in [0.05, 0.1) is 11.8 Å². The Bertz CT molecular complexity index is 522. The largest absolute Gasteiger partial charge is 0.469 e. The molecule has 1 saturated heterocycles. The van der Waals surface area contributed by atoms with E-state index in [1.54, 1.807) is 30.8 Å². The van der Waals surface area contributed by atoms with Gasteiger partial charge in [-0.3, -0.25) is 9.78 Å². The van der Waals surface area contributed by atoms with E-state index in [4.69, 9.17) is 4.42 Å². The summed E-state index contributed by atoms with van der Waals surface area (Å²) in [6.45, 7) is 1.50. The van der Waals surface area contributed by atoms with Crippen LogP contribution in [0.5, 0.6) is 0 Å². The molecule has 1 unspecified atom stereocenters. The highest BCUT2D eigenvalue weighted by molar-refractivity contribution is 5.94. The van der Waals surface area contributed by atoms with Gasteiger partial charge < -0.3 is 9.32 Å². The lowest BCUT2D eigenvalue weighted by molar-refractivity contribution is 0.0789. The minimum absolute atomic E-state index is 0.0529. The molecule has 4 heteroatoms. The summed E-state index contributed by atoms with van der Waals surface area (Å²) in [4.78, 5) is 18.1. The van der Waals surface area contributed by atoms with Crippen LogP contribution < -0.4 is 0 Å². The number of hydrogen-bond donors (Lipinski definition) is 0. The number of furan rings is 1. The lowest BCUT2D eigenvalue weighted by Crippen LogP contribution is -2.28. The maximum atomic E-state index is 12.2. The number of carbonyl (C=O) groups is 1. The lowest BCUT2D eigenvalue weighted by atomic mass is 10.1. The van der Waals surface area contributed by atoms with Crippen molar-refractivity contribution in [2.75, 3.05) is 13.1 Å². The third-order valence-electron chi connectivity index (χ3n) is 3.33. The van der Waals surface area contributed by atoms with Gasteiger partial charge in [0.1, 0.15) is 5.76 Å². The highest BCUT2D eigenvalue weighted by Crippen LogP contribution is 2.28. The number of carbonyl (C=O) groups excluding carboxylic acids is 1. The first-order chi connectivity index (χ1) is 8.84. The van der Waals surface area contributed by atoms with Crippen molar-refractivity contribution in [3.8, 4) is 0 Å². The van der Waals surface area contributed by atoms with Crippen LogP contribution in [0.4, 0.5) is 0 Å². The van der Waals surface area contributed by atoms with Crippen LogP contribution in [0.1, 0.15) is 28.5 Å². The quantitative estimate of drug-likeness (QED) is 0.811. The number of likely N-dealkylation sites (tertiary alicyclic amines) is 1. The van der Waals surface area contributed by atoms with E-state index in [2.05, 4.69) is 4.98 Å². The molecule has 0 radical (unpaired) electrons. The van der Waals surface area contributed by atoms with Gasteiger partial charge in [-0.05, 0) is 30.7 Å². The third kappa shape index (κ3) is 2.01. The van der Waals surface area contributed by atoms with Gasteiger partial charge in [-0.1, -0.05) is 0 Å². The Balaban J connectivity index is 1.71. The monoisotopic (exact) mass is 242 g/mol. The molecular weight excluding hydrogens is 228 g/mol. The van der Waals surface area contributed by atoms with Gasteiger partial charge in [-0.2, -0.15) is 0 Å². The fraction of sp³-hybridized carbons (Fsp3) is 0.286. The van der Waals surface area contributed by atoms with Gasteiger partial charge in [0.2, 0.25) is 0 Å². The summed E-state index contributed by atoms with van der Waals surface area (Å²) in [6.07, 6.45) is 5.93. The Morgan fingerprint density at radius 3 is 3.06 bits per heavy atom. The molecule has 4 nitrogen and oxygen atoms in total. The van der Waals surface area contributed by atoms with Gasteiger partial charge in [-0.15, -0.1) is 0 Å². The minimum atomic E-state index is 0.0529. The second kappa shape index (κ2) is 4.64. The molecule has 3 heterocycles. The van der Waals surface area contributed by atoms with Gasteiger partial charge in [0, 0.05) is 31.4 Å². The molecule has 1 aliphatic heterocycles. The summed E-state index contributed by atoms with van der Waals surface area (Å²) in [7, 11) is 0. The predicted molar refractivity (Wildman–Crippen MR) is 66.2 cm³/mol. The molecule has 0 N–H and O–H groups in total. The molecular formula is C14H14N2O2. The summed E-state index contributed by atoms with van der Waals surface area (Å²) in [5.74, 6) is 1.34. The van der Waals surface area contributed by atoms with Gasteiger partial charge in [-0.25, -0.2) is 0 Å². The maximum Gasteiger partial charge on any atom is 0.255 e. The highest BCUT2D eigenvalue weighted by atomic mass is 16.3. The molecule has 1 amide bonds. The van der Waals surface area contributed by atoms with Crippen LogP contribution in [0.15, 0.2) is 47.3 Å². The van der Waals surface area contributed by atoms with Crippen LogP contribution in [-0.2, 0) is 0 Å². The van der Waals surface area contributed by atoms with Crippen molar-refractivity contribution in [3.63, 3.8) is 0 Å². The Labute approximate surface area is 105 Å². The molecule has 18 heavy (non-hydrogen) atoms. The fourth-order valence-corrected chi connectivity index (χ4v) is 2.37. The number of amides is 1. The topological polar surface area (TPSA) is 46.3 Å². The number of aromatic nitrogens is 1.